The minimum absolute atomic E-state index is 0.0666. The van der Waals surface area contributed by atoms with Crippen molar-refractivity contribution in [3.63, 3.8) is 0 Å². The number of benzene rings is 2. The van der Waals surface area contributed by atoms with Crippen molar-refractivity contribution < 1.29 is 22.4 Å². The van der Waals surface area contributed by atoms with Gasteiger partial charge < -0.3 is 11.1 Å². The average molecular weight is 448 g/mol. The van der Waals surface area contributed by atoms with Gasteiger partial charge in [0, 0.05) is 12.0 Å². The molecule has 0 fully saturated rings. The summed E-state index contributed by atoms with van der Waals surface area (Å²) >= 11 is 0. The molecule has 0 aliphatic heterocycles. The first-order chi connectivity index (χ1) is 15.1. The van der Waals surface area contributed by atoms with E-state index in [2.05, 4.69) is 10.4 Å². The number of primary amides is 1. The van der Waals surface area contributed by atoms with Crippen molar-refractivity contribution in [3.05, 3.63) is 92.9 Å². The van der Waals surface area contributed by atoms with Gasteiger partial charge in [-0.25, -0.2) is 8.78 Å². The third-order valence-corrected chi connectivity index (χ3v) is 5.03. The SMILES string of the molecule is CNCC(F)(F)c1cccc(C(C)c2cc(=O)n(-c3ccccc3F)nc2C(N)=O)c1F. The zero-order chi connectivity index (χ0) is 23.6. The Bertz CT molecular complexity index is 1230. The van der Waals surface area contributed by atoms with E-state index in [0.29, 0.717) is 4.68 Å². The van der Waals surface area contributed by atoms with Gasteiger partial charge in [0.2, 0.25) is 0 Å². The van der Waals surface area contributed by atoms with Crippen LogP contribution in [0, 0.1) is 11.6 Å². The summed E-state index contributed by atoms with van der Waals surface area (Å²) in [6, 6.07) is 9.74. The summed E-state index contributed by atoms with van der Waals surface area (Å²) in [6.45, 7) is 0.642. The average Bonchev–Trinajstić information content (AvgIpc) is 2.73. The molecule has 0 saturated carbocycles. The van der Waals surface area contributed by atoms with Gasteiger partial charge >= 0.3 is 0 Å². The van der Waals surface area contributed by atoms with Crippen LogP contribution in [0.2, 0.25) is 0 Å². The van der Waals surface area contributed by atoms with Crippen LogP contribution in [0.15, 0.2) is 53.3 Å². The van der Waals surface area contributed by atoms with E-state index >= 15 is 4.39 Å². The van der Waals surface area contributed by atoms with Crippen LogP contribution in [-0.2, 0) is 5.92 Å². The summed E-state index contributed by atoms with van der Waals surface area (Å²) in [6.07, 6.45) is 0. The van der Waals surface area contributed by atoms with Crippen molar-refractivity contribution in [2.24, 2.45) is 5.73 Å². The fourth-order valence-corrected chi connectivity index (χ4v) is 3.44. The van der Waals surface area contributed by atoms with Crippen LogP contribution in [0.25, 0.3) is 5.69 Å². The molecule has 1 unspecified atom stereocenters. The minimum Gasteiger partial charge on any atom is -0.364 e. The molecule has 1 atom stereocenters. The van der Waals surface area contributed by atoms with Gasteiger partial charge in [-0.1, -0.05) is 37.3 Å². The molecule has 168 valence electrons. The number of alkyl halides is 2. The second kappa shape index (κ2) is 8.91. The number of nitrogens with one attached hydrogen (secondary N) is 1. The first-order valence-electron chi connectivity index (χ1n) is 9.58. The molecule has 1 aromatic heterocycles. The maximum Gasteiger partial charge on any atom is 0.288 e. The lowest BCUT2D eigenvalue weighted by Gasteiger charge is -2.21. The van der Waals surface area contributed by atoms with E-state index in [9.17, 15) is 22.8 Å². The van der Waals surface area contributed by atoms with Crippen LogP contribution >= 0.6 is 0 Å². The van der Waals surface area contributed by atoms with Crippen molar-refractivity contribution in [2.75, 3.05) is 13.6 Å². The van der Waals surface area contributed by atoms with Gasteiger partial charge in [0.05, 0.1) is 12.1 Å². The second-order valence-electron chi connectivity index (χ2n) is 7.18. The van der Waals surface area contributed by atoms with Crippen LogP contribution in [0.4, 0.5) is 17.6 Å². The summed E-state index contributed by atoms with van der Waals surface area (Å²) in [7, 11) is 1.31. The molecule has 3 N–H and O–H groups in total. The van der Waals surface area contributed by atoms with Crippen LogP contribution in [-0.4, -0.2) is 29.3 Å². The highest BCUT2D eigenvalue weighted by atomic mass is 19.3. The number of carbonyl (C=O) groups excluding carboxylic acids is 1. The van der Waals surface area contributed by atoms with Crippen molar-refractivity contribution in [1.82, 2.24) is 15.1 Å². The lowest BCUT2D eigenvalue weighted by atomic mass is 9.89. The molecular formula is C22H20F4N4O2. The molecule has 3 aromatic rings. The van der Waals surface area contributed by atoms with Gasteiger partial charge in [0.1, 0.15) is 17.3 Å². The first-order valence-corrected chi connectivity index (χ1v) is 9.58. The third kappa shape index (κ3) is 4.26. The highest BCUT2D eigenvalue weighted by molar-refractivity contribution is 5.92. The van der Waals surface area contributed by atoms with Crippen molar-refractivity contribution in [3.8, 4) is 5.69 Å². The Kier molecular flexibility index (Phi) is 6.45. The number of halogens is 4. The van der Waals surface area contributed by atoms with Gasteiger partial charge in [-0.3, -0.25) is 9.59 Å². The monoisotopic (exact) mass is 448 g/mol. The van der Waals surface area contributed by atoms with Crippen molar-refractivity contribution in [1.29, 1.82) is 0 Å². The highest BCUT2D eigenvalue weighted by Crippen LogP contribution is 2.35. The van der Waals surface area contributed by atoms with Crippen LogP contribution < -0.4 is 16.6 Å². The van der Waals surface area contributed by atoms with E-state index in [1.807, 2.05) is 0 Å². The normalized spacial score (nSPS) is 12.6. The molecule has 0 aliphatic carbocycles. The second-order valence-corrected chi connectivity index (χ2v) is 7.18. The van der Waals surface area contributed by atoms with Crippen LogP contribution in [0.1, 0.15) is 40.0 Å². The van der Waals surface area contributed by atoms with Gasteiger partial charge in [-0.2, -0.15) is 18.6 Å². The molecule has 6 nitrogen and oxygen atoms in total. The number of aromatic nitrogens is 2. The molecular weight excluding hydrogens is 428 g/mol. The Balaban J connectivity index is 2.17. The number of likely N-dealkylation sites (N-methyl/N-ethyl adjacent to an activating group) is 1. The Hall–Kier alpha value is -3.53. The van der Waals surface area contributed by atoms with Crippen LogP contribution in [0.5, 0.6) is 0 Å². The summed E-state index contributed by atoms with van der Waals surface area (Å²) < 4.78 is 58.6. The number of nitrogens with two attached hydrogens (primary N) is 1. The number of nitrogens with zero attached hydrogens (tertiary/aromatic N) is 2. The van der Waals surface area contributed by atoms with Crippen molar-refractivity contribution >= 4 is 5.91 Å². The van der Waals surface area contributed by atoms with Gasteiger partial charge in [-0.15, -0.1) is 0 Å². The summed E-state index contributed by atoms with van der Waals surface area (Å²) in [5.74, 6) is -7.50. The Morgan fingerprint density at radius 2 is 1.84 bits per heavy atom. The van der Waals surface area contributed by atoms with E-state index in [1.54, 1.807) is 0 Å². The topological polar surface area (TPSA) is 90.0 Å². The standard InChI is InChI=1S/C22H20F4N4O2/c1-12(13-6-5-7-15(19(13)24)22(25,26)11-28-2)14-10-18(31)30(29-20(14)21(27)32)17-9-4-3-8-16(17)23/h3-10,12,28H,11H2,1-2H3,(H2,27,32). The predicted molar refractivity (Wildman–Crippen MR) is 110 cm³/mol. The number of hydrogen-bond donors (Lipinski definition) is 2. The zero-order valence-electron chi connectivity index (χ0n) is 17.2. The molecule has 2 aromatic carbocycles. The quantitative estimate of drug-likeness (QED) is 0.544. The Morgan fingerprint density at radius 1 is 1.16 bits per heavy atom. The number of rotatable bonds is 7. The maximum atomic E-state index is 15.1. The van der Waals surface area contributed by atoms with E-state index in [1.165, 1.54) is 44.3 Å². The summed E-state index contributed by atoms with van der Waals surface area (Å²) in [4.78, 5) is 24.7. The molecule has 1 heterocycles. The molecule has 0 aliphatic rings. The summed E-state index contributed by atoms with van der Waals surface area (Å²) in [5, 5.41) is 6.20. The third-order valence-electron chi connectivity index (χ3n) is 5.03. The van der Waals surface area contributed by atoms with Gasteiger partial charge in [0.15, 0.2) is 5.69 Å². The molecule has 32 heavy (non-hydrogen) atoms. The number of para-hydroxylation sites is 1. The molecule has 0 radical (unpaired) electrons. The maximum absolute atomic E-state index is 15.1. The number of carbonyl (C=O) groups is 1. The lowest BCUT2D eigenvalue weighted by molar-refractivity contribution is -0.00488. The van der Waals surface area contributed by atoms with Gasteiger partial charge in [-0.05, 0) is 30.3 Å². The van der Waals surface area contributed by atoms with Crippen molar-refractivity contribution in [2.45, 2.75) is 18.8 Å². The largest absolute Gasteiger partial charge is 0.364 e. The fourth-order valence-electron chi connectivity index (χ4n) is 3.44. The van der Waals surface area contributed by atoms with Crippen LogP contribution in [0.3, 0.4) is 0 Å². The number of amides is 1. The molecule has 1 amide bonds. The highest BCUT2D eigenvalue weighted by Gasteiger charge is 2.35. The van der Waals surface area contributed by atoms with E-state index in [0.717, 1.165) is 18.2 Å². The smallest absolute Gasteiger partial charge is 0.288 e. The predicted octanol–water partition coefficient (Wildman–Crippen LogP) is 3.07. The number of hydrogen-bond acceptors (Lipinski definition) is 4. The molecule has 0 bridgehead atoms. The van der Waals surface area contributed by atoms with E-state index < -0.39 is 52.7 Å². The van der Waals surface area contributed by atoms with E-state index in [4.69, 9.17) is 5.73 Å². The summed E-state index contributed by atoms with van der Waals surface area (Å²) in [5.41, 5.74) is 2.91. The fraction of sp³-hybridized carbons (Fsp3) is 0.227. The molecule has 0 saturated heterocycles. The van der Waals surface area contributed by atoms with E-state index in [-0.39, 0.29) is 16.8 Å². The zero-order valence-corrected chi connectivity index (χ0v) is 17.2. The van der Waals surface area contributed by atoms with Gasteiger partial charge in [0.25, 0.3) is 17.4 Å². The Labute approximate surface area is 180 Å². The first kappa shape index (κ1) is 23.1. The molecule has 10 heteroatoms. The lowest BCUT2D eigenvalue weighted by Crippen LogP contribution is -2.30. The Morgan fingerprint density at radius 3 is 2.47 bits per heavy atom. The molecule has 3 rings (SSSR count). The molecule has 0 spiro atoms. The minimum atomic E-state index is -3.49.